The molecular formula is C21H26F3IN4O3. The lowest BCUT2D eigenvalue weighted by Gasteiger charge is -2.16. The van der Waals surface area contributed by atoms with Gasteiger partial charge >= 0.3 is 6.18 Å². The van der Waals surface area contributed by atoms with Gasteiger partial charge in [-0.2, -0.15) is 13.2 Å². The van der Waals surface area contributed by atoms with Gasteiger partial charge in [-0.3, -0.25) is 9.79 Å². The number of nitrogens with zero attached hydrogens (tertiary/aromatic N) is 1. The van der Waals surface area contributed by atoms with Gasteiger partial charge in [-0.1, -0.05) is 24.3 Å². The van der Waals surface area contributed by atoms with E-state index in [1.54, 1.807) is 50.4 Å². The highest BCUT2D eigenvalue weighted by Gasteiger charge is 2.28. The van der Waals surface area contributed by atoms with Crippen LogP contribution in [0.2, 0.25) is 0 Å². The van der Waals surface area contributed by atoms with Gasteiger partial charge in [0.2, 0.25) is 0 Å². The monoisotopic (exact) mass is 566 g/mol. The predicted molar refractivity (Wildman–Crippen MR) is 126 cm³/mol. The predicted octanol–water partition coefficient (Wildman–Crippen LogP) is 3.28. The van der Waals surface area contributed by atoms with Gasteiger partial charge in [0.05, 0.1) is 0 Å². The minimum atomic E-state index is -4.41. The second-order valence-electron chi connectivity index (χ2n) is 6.70. The molecular weight excluding hydrogens is 540 g/mol. The minimum Gasteiger partial charge on any atom is -0.484 e. The molecule has 2 rings (SSSR count). The zero-order valence-electron chi connectivity index (χ0n) is 17.7. The molecule has 11 heteroatoms. The van der Waals surface area contributed by atoms with Crippen LogP contribution in [0.3, 0.4) is 0 Å². The van der Waals surface area contributed by atoms with Crippen LogP contribution in [-0.2, 0) is 17.9 Å². The number of carbonyl (C=O) groups excluding carboxylic acids is 1. The SMILES string of the molecule is CN=C(NCc1cccc(OCC(N)=O)c1)NCc1ccc(C)cc1OCC(F)(F)F.I. The third-order valence-electron chi connectivity index (χ3n) is 4.02. The van der Waals surface area contributed by atoms with E-state index in [-0.39, 0.29) is 42.9 Å². The maximum Gasteiger partial charge on any atom is 0.422 e. The number of aliphatic imine (C=N–C) groups is 1. The molecule has 0 unspecified atom stereocenters. The number of alkyl halides is 3. The first kappa shape index (κ1) is 27.3. The highest BCUT2D eigenvalue weighted by Crippen LogP contribution is 2.23. The molecule has 0 aromatic heterocycles. The van der Waals surface area contributed by atoms with Gasteiger partial charge in [0, 0.05) is 25.7 Å². The van der Waals surface area contributed by atoms with Crippen molar-refractivity contribution < 1.29 is 27.4 Å². The topological polar surface area (TPSA) is 98.0 Å². The highest BCUT2D eigenvalue weighted by atomic mass is 127. The number of nitrogens with two attached hydrogens (primary N) is 1. The summed E-state index contributed by atoms with van der Waals surface area (Å²) < 4.78 is 47.8. The quantitative estimate of drug-likeness (QED) is 0.246. The number of hydrogen-bond donors (Lipinski definition) is 3. The molecule has 0 fully saturated rings. The maximum atomic E-state index is 12.5. The molecule has 0 aliphatic carbocycles. The molecule has 2 aromatic rings. The third kappa shape index (κ3) is 10.1. The second-order valence-corrected chi connectivity index (χ2v) is 6.70. The number of hydrogen-bond acceptors (Lipinski definition) is 4. The molecule has 0 aliphatic heterocycles. The average Bonchev–Trinajstić information content (AvgIpc) is 2.71. The molecule has 0 aliphatic rings. The Morgan fingerprint density at radius 3 is 2.47 bits per heavy atom. The first-order valence-electron chi connectivity index (χ1n) is 9.40. The van der Waals surface area contributed by atoms with Gasteiger partial charge < -0.3 is 25.8 Å². The van der Waals surface area contributed by atoms with E-state index in [9.17, 15) is 18.0 Å². The normalized spacial score (nSPS) is 11.3. The lowest BCUT2D eigenvalue weighted by atomic mass is 10.1. The van der Waals surface area contributed by atoms with Gasteiger partial charge in [-0.15, -0.1) is 24.0 Å². The number of aryl methyl sites for hydroxylation is 1. The number of rotatable bonds is 9. The summed E-state index contributed by atoms with van der Waals surface area (Å²) in [5.41, 5.74) is 7.30. The maximum absolute atomic E-state index is 12.5. The Hall–Kier alpha value is -2.70. The van der Waals surface area contributed by atoms with Crippen LogP contribution in [0, 0.1) is 6.92 Å². The van der Waals surface area contributed by atoms with Crippen LogP contribution >= 0.6 is 24.0 Å². The zero-order chi connectivity index (χ0) is 22.9. The summed E-state index contributed by atoms with van der Waals surface area (Å²) in [5, 5.41) is 6.16. The van der Waals surface area contributed by atoms with Crippen molar-refractivity contribution in [3.63, 3.8) is 0 Å². The zero-order valence-corrected chi connectivity index (χ0v) is 20.0. The molecule has 32 heavy (non-hydrogen) atoms. The summed E-state index contributed by atoms with van der Waals surface area (Å²) >= 11 is 0. The summed E-state index contributed by atoms with van der Waals surface area (Å²) in [5.74, 6) is 0.556. The molecule has 2 aromatic carbocycles. The largest absolute Gasteiger partial charge is 0.484 e. The standard InChI is InChI=1S/C21H25F3N4O3.HI/c1-14-6-7-16(18(8-14)31-13-21(22,23)24)11-28-20(26-2)27-10-15-4-3-5-17(9-15)30-12-19(25)29;/h3-9H,10-13H2,1-2H3,(H2,25,29)(H2,26,27,28);1H. The van der Waals surface area contributed by atoms with Gasteiger partial charge in [0.15, 0.2) is 19.2 Å². The number of benzene rings is 2. The number of nitrogens with one attached hydrogen (secondary N) is 2. The Kier molecular flexibility index (Phi) is 11.1. The van der Waals surface area contributed by atoms with Crippen molar-refractivity contribution in [1.29, 1.82) is 0 Å². The minimum absolute atomic E-state index is 0. The lowest BCUT2D eigenvalue weighted by Crippen LogP contribution is -2.36. The Morgan fingerprint density at radius 1 is 1.09 bits per heavy atom. The van der Waals surface area contributed by atoms with E-state index in [0.29, 0.717) is 23.8 Å². The van der Waals surface area contributed by atoms with Crippen LogP contribution in [0.25, 0.3) is 0 Å². The van der Waals surface area contributed by atoms with E-state index in [4.69, 9.17) is 15.2 Å². The number of primary amides is 1. The van der Waals surface area contributed by atoms with Crippen molar-refractivity contribution in [3.8, 4) is 11.5 Å². The van der Waals surface area contributed by atoms with Gasteiger partial charge in [-0.25, -0.2) is 0 Å². The van der Waals surface area contributed by atoms with Crippen molar-refractivity contribution in [1.82, 2.24) is 10.6 Å². The van der Waals surface area contributed by atoms with Gasteiger partial charge in [-0.05, 0) is 36.2 Å². The number of halogens is 4. The number of guanidine groups is 1. The molecule has 176 valence electrons. The van der Waals surface area contributed by atoms with Gasteiger partial charge in [0.25, 0.3) is 5.91 Å². The molecule has 1 amide bonds. The fraction of sp³-hybridized carbons (Fsp3) is 0.333. The Morgan fingerprint density at radius 2 is 1.81 bits per heavy atom. The molecule has 0 atom stereocenters. The van der Waals surface area contributed by atoms with E-state index in [2.05, 4.69) is 15.6 Å². The van der Waals surface area contributed by atoms with Crippen LogP contribution < -0.4 is 25.8 Å². The molecule has 0 saturated heterocycles. The van der Waals surface area contributed by atoms with E-state index in [1.807, 2.05) is 6.07 Å². The summed E-state index contributed by atoms with van der Waals surface area (Å²) in [4.78, 5) is 14.9. The van der Waals surface area contributed by atoms with E-state index in [1.165, 1.54) is 0 Å². The molecule has 0 heterocycles. The molecule has 7 nitrogen and oxygen atoms in total. The number of carbonyl (C=O) groups is 1. The molecule has 0 saturated carbocycles. The highest BCUT2D eigenvalue weighted by molar-refractivity contribution is 14.0. The van der Waals surface area contributed by atoms with Crippen molar-refractivity contribution in [2.24, 2.45) is 10.7 Å². The Balaban J connectivity index is 0.00000512. The van der Waals surface area contributed by atoms with E-state index >= 15 is 0 Å². The molecule has 0 radical (unpaired) electrons. The fourth-order valence-corrected chi connectivity index (χ4v) is 2.59. The van der Waals surface area contributed by atoms with Crippen LogP contribution in [0.4, 0.5) is 13.2 Å². The summed E-state index contributed by atoms with van der Waals surface area (Å²) in [6, 6.07) is 12.2. The summed E-state index contributed by atoms with van der Waals surface area (Å²) in [6.45, 7) is 0.826. The van der Waals surface area contributed by atoms with Crippen molar-refractivity contribution in [2.75, 3.05) is 20.3 Å². The van der Waals surface area contributed by atoms with E-state index in [0.717, 1.165) is 11.1 Å². The van der Waals surface area contributed by atoms with Crippen molar-refractivity contribution in [3.05, 3.63) is 59.2 Å². The third-order valence-corrected chi connectivity index (χ3v) is 4.02. The van der Waals surface area contributed by atoms with Crippen LogP contribution in [-0.4, -0.2) is 38.3 Å². The Labute approximate surface area is 201 Å². The van der Waals surface area contributed by atoms with Crippen LogP contribution in [0.15, 0.2) is 47.5 Å². The van der Waals surface area contributed by atoms with Crippen LogP contribution in [0.5, 0.6) is 11.5 Å². The lowest BCUT2D eigenvalue weighted by molar-refractivity contribution is -0.153. The number of ether oxygens (including phenoxy) is 2. The molecule has 0 bridgehead atoms. The Bertz CT molecular complexity index is 923. The van der Waals surface area contributed by atoms with E-state index < -0.39 is 18.7 Å². The summed E-state index contributed by atoms with van der Waals surface area (Å²) in [7, 11) is 1.58. The molecule has 4 N–H and O–H groups in total. The fourth-order valence-electron chi connectivity index (χ4n) is 2.59. The average molecular weight is 566 g/mol. The van der Waals surface area contributed by atoms with Crippen LogP contribution in [0.1, 0.15) is 16.7 Å². The second kappa shape index (κ2) is 13.0. The van der Waals surface area contributed by atoms with Crippen molar-refractivity contribution >= 4 is 35.8 Å². The number of amides is 1. The molecule has 0 spiro atoms. The first-order valence-corrected chi connectivity index (χ1v) is 9.40. The summed E-state index contributed by atoms with van der Waals surface area (Å²) in [6.07, 6.45) is -4.41. The smallest absolute Gasteiger partial charge is 0.422 e. The van der Waals surface area contributed by atoms with Crippen molar-refractivity contribution in [2.45, 2.75) is 26.2 Å². The van der Waals surface area contributed by atoms with Gasteiger partial charge in [0.1, 0.15) is 11.5 Å². The first-order chi connectivity index (χ1) is 14.7.